The summed E-state index contributed by atoms with van der Waals surface area (Å²) in [6, 6.07) is 99.2. The van der Waals surface area contributed by atoms with Crippen LogP contribution in [0.3, 0.4) is 0 Å². The second-order valence-corrected chi connectivity index (χ2v) is 28.7. The Morgan fingerprint density at radius 1 is 0.559 bits per heavy atom. The van der Waals surface area contributed by atoms with Crippen LogP contribution in [0, 0.1) is 31.8 Å². The second-order valence-electron chi connectivity index (χ2n) is 27.2. The molecule has 0 amide bonds. The lowest BCUT2D eigenvalue weighted by Crippen LogP contribution is -2.34. The van der Waals surface area contributed by atoms with Crippen LogP contribution < -0.4 is 8.69 Å². The third kappa shape index (κ3) is 16.7. The van der Waals surface area contributed by atoms with Gasteiger partial charge in [0.15, 0.2) is 0 Å². The first kappa shape index (κ1) is 75.9. The normalized spacial score (nSPS) is 13.1. The average molecular weight is 1490 g/mol. The van der Waals surface area contributed by atoms with E-state index in [0.29, 0.717) is 23.2 Å². The van der Waals surface area contributed by atoms with Crippen molar-refractivity contribution in [1.29, 1.82) is 5.26 Å². The van der Waals surface area contributed by atoms with Crippen LogP contribution >= 0.6 is 18.4 Å². The number of nitrogens with zero attached hydrogens (tertiary/aromatic N) is 8. The van der Waals surface area contributed by atoms with Crippen molar-refractivity contribution < 1.29 is 8.53 Å². The summed E-state index contributed by atoms with van der Waals surface area (Å²) in [4.78, 5) is 19.9. The number of allylic oxidation sites excluding steroid dienone is 6. The number of hydrogen-bond acceptors (Lipinski definition) is 7. The molecule has 3 aliphatic heterocycles. The molecule has 16 aromatic rings. The van der Waals surface area contributed by atoms with Gasteiger partial charge in [-0.05, 0) is 205 Å². The fraction of sp³-hybridized carbons (Fsp3) is 0.115. The lowest BCUT2D eigenvalue weighted by atomic mass is 9.90. The van der Waals surface area contributed by atoms with E-state index < -0.39 is 0 Å². The number of rotatable bonds is 8. The monoisotopic (exact) mass is 1490 g/mol. The van der Waals surface area contributed by atoms with Crippen LogP contribution in [0.4, 0.5) is 5.69 Å². The number of anilines is 1. The van der Waals surface area contributed by atoms with Crippen molar-refractivity contribution in [2.75, 3.05) is 24.1 Å². The van der Waals surface area contributed by atoms with Gasteiger partial charge in [0.05, 0.1) is 53.6 Å². The Kier molecular flexibility index (Phi) is 24.4. The van der Waals surface area contributed by atoms with E-state index in [0.717, 1.165) is 62.7 Å². The highest BCUT2D eigenvalue weighted by Gasteiger charge is 2.25. The third-order valence-electron chi connectivity index (χ3n) is 19.9. The highest BCUT2D eigenvalue weighted by atomic mass is 31.0. The molecule has 0 spiro atoms. The minimum absolute atomic E-state index is 0.0850. The lowest BCUT2D eigenvalue weighted by molar-refractivity contribution is 0.318. The van der Waals surface area contributed by atoms with Crippen molar-refractivity contribution in [3.8, 4) is 56.6 Å². The summed E-state index contributed by atoms with van der Waals surface area (Å²) >= 11 is 1.47. The van der Waals surface area contributed by atoms with Crippen molar-refractivity contribution in [2.45, 2.75) is 53.3 Å². The summed E-state index contributed by atoms with van der Waals surface area (Å²) < 4.78 is 15.7. The number of pyridine rings is 3. The van der Waals surface area contributed by atoms with E-state index in [1.54, 1.807) is 18.3 Å². The van der Waals surface area contributed by atoms with E-state index >= 15 is 0 Å². The van der Waals surface area contributed by atoms with E-state index in [-0.39, 0.29) is 5.70 Å². The Bertz CT molecular complexity index is 5880. The van der Waals surface area contributed by atoms with Gasteiger partial charge in [-0.15, -0.1) is 9.24 Å². The zero-order valence-corrected chi connectivity index (χ0v) is 66.5. The van der Waals surface area contributed by atoms with Gasteiger partial charge in [0.2, 0.25) is 0 Å². The van der Waals surface area contributed by atoms with Crippen molar-refractivity contribution in [3.05, 3.63) is 360 Å². The van der Waals surface area contributed by atoms with Crippen molar-refractivity contribution >= 4 is 138 Å². The Hall–Kier alpha value is -11.9. The summed E-state index contributed by atoms with van der Waals surface area (Å²) in [5, 5.41) is 17.6. The maximum atomic E-state index is 9.11. The third-order valence-corrected chi connectivity index (χ3v) is 20.2. The largest absolute Gasteiger partial charge is 0.649 e. The van der Waals surface area contributed by atoms with Gasteiger partial charge in [0.1, 0.15) is 29.8 Å². The first-order valence-corrected chi connectivity index (χ1v) is 39.4. The molecule has 8 heterocycles. The molecule has 0 saturated carbocycles. The Morgan fingerprint density at radius 2 is 1.00 bits per heavy atom. The summed E-state index contributed by atoms with van der Waals surface area (Å²) in [6.07, 6.45) is 14.0. The molecular formula is C96H81AlB2N8O2P2. The van der Waals surface area contributed by atoms with Gasteiger partial charge in [-0.2, -0.15) is 9.12 Å². The molecule has 0 bridgehead atoms. The zero-order chi connectivity index (χ0) is 76.7. The lowest BCUT2D eigenvalue weighted by Gasteiger charge is -2.37. The standard InChI is InChI=1S/C36H24N2.C26H20N2.C23H21N3O.C9H7NO.CH5BP.CH4BP.Al.H/c1-5-13-33-29(9-1)30-10-2-6-14-34(30)37(33)27-21-17-25(18-22-27)26-19-23-28(24-20-26)38-35-15-7-3-11-31(35)32-12-4-8-16-36(32)38;1-17-15-23(19-9-5-3-6-10-19)21-13-14-22-24(20-11-7-4-8-12-20)16-18(2)28-26(22)25(21)27-17;1-16-11-20(22(15-24)25-2)14-21(27-16)8-7-17-12-18-5-3-9-26-10-4-6-19(13-17)23(18)26;11-8-5-1-3-7-4-2-6-10-9(7)8;1-2-3;2-1-3;;/h1-24H;3-16H,1-2H3;7-8,11-14H,3-6,9-10H2,1H3;1-6,11H;3H2,1H3;1,3H2;;/q;;;;;;+1;/p-1/b;;8-7+,22-20+;;;;;. The Morgan fingerprint density at radius 3 is 1.44 bits per heavy atom. The quantitative estimate of drug-likeness (QED) is 0.0491. The second kappa shape index (κ2) is 35.6. The van der Waals surface area contributed by atoms with Crippen molar-refractivity contribution in [1.82, 2.24) is 24.1 Å². The number of aromatic nitrogens is 5. The van der Waals surface area contributed by atoms with Crippen molar-refractivity contribution in [3.63, 3.8) is 0 Å². The molecular weight excluding hydrogens is 1410 g/mol. The van der Waals surface area contributed by atoms with Gasteiger partial charge in [-0.25, -0.2) is 10.1 Å². The highest BCUT2D eigenvalue weighted by molar-refractivity contribution is 7.55. The Balaban J connectivity index is 0.000000126. The van der Waals surface area contributed by atoms with Gasteiger partial charge >= 0.3 is 16.6 Å². The number of benzene rings is 11. The van der Waals surface area contributed by atoms with Crippen LogP contribution in [0.2, 0.25) is 6.82 Å². The van der Waals surface area contributed by atoms with E-state index in [4.69, 9.17) is 38.2 Å². The van der Waals surface area contributed by atoms with E-state index in [9.17, 15) is 0 Å². The highest BCUT2D eigenvalue weighted by Crippen LogP contribution is 2.40. The predicted octanol–water partition coefficient (Wildman–Crippen LogP) is 23.1. The summed E-state index contributed by atoms with van der Waals surface area (Å²) in [5.74, 6) is 2.17. The van der Waals surface area contributed by atoms with Gasteiger partial charge in [-0.3, -0.25) is 15.0 Å². The molecule has 0 N–H and O–H groups in total. The van der Waals surface area contributed by atoms with Gasteiger partial charge in [-0.1, -0.05) is 207 Å². The maximum Gasteiger partial charge on any atom is 0.494 e. The maximum absolute atomic E-state index is 9.11. The number of hydrogen-bond donors (Lipinski definition) is 0. The van der Waals surface area contributed by atoms with E-state index in [1.807, 2.05) is 75.4 Å². The van der Waals surface area contributed by atoms with Crippen molar-refractivity contribution in [2.24, 2.45) is 0 Å². The minimum atomic E-state index is 0.0850. The molecule has 2 unspecified atom stereocenters. The predicted molar refractivity (Wildman–Crippen MR) is 476 cm³/mol. The molecule has 3 aliphatic rings. The number of aryl methyl sites for hydroxylation is 4. The molecule has 0 saturated heterocycles. The molecule has 4 radical (unpaired) electrons. The zero-order valence-electron chi connectivity index (χ0n) is 62.7. The first-order chi connectivity index (χ1) is 54.5. The van der Waals surface area contributed by atoms with Gasteiger partial charge in [0.25, 0.3) is 5.70 Å². The molecule has 0 aliphatic carbocycles. The number of ether oxygens (including phenoxy) is 1. The smallest absolute Gasteiger partial charge is 0.494 e. The van der Waals surface area contributed by atoms with Gasteiger partial charge in [0, 0.05) is 85.4 Å². The summed E-state index contributed by atoms with van der Waals surface area (Å²) in [7, 11) is 9.62. The van der Waals surface area contributed by atoms with Crippen LogP contribution in [0.1, 0.15) is 47.8 Å². The molecule has 11 aromatic carbocycles. The van der Waals surface area contributed by atoms with Crippen LogP contribution in [0.15, 0.2) is 320 Å². The first-order valence-electron chi connectivity index (χ1n) is 37.3. The molecule has 19 rings (SSSR count). The molecule has 2 atom stereocenters. The molecule has 15 heteroatoms. The topological polar surface area (TPSA) is 98.4 Å². The number of fused-ring (bicyclic) bond motifs is 10. The Labute approximate surface area is 664 Å². The summed E-state index contributed by atoms with van der Waals surface area (Å²) in [6.45, 7) is 19.3. The van der Waals surface area contributed by atoms with E-state index in [1.165, 1.54) is 153 Å². The number of nitriles is 1. The fourth-order valence-electron chi connectivity index (χ4n) is 15.3. The van der Waals surface area contributed by atoms with Gasteiger partial charge < -0.3 is 22.6 Å². The molecule has 10 nitrogen and oxygen atoms in total. The van der Waals surface area contributed by atoms with E-state index in [2.05, 4.69) is 293 Å². The molecule has 0 fully saturated rings. The van der Waals surface area contributed by atoms with Crippen LogP contribution in [-0.4, -0.2) is 74.7 Å². The van der Waals surface area contributed by atoms with Crippen LogP contribution in [0.25, 0.3) is 132 Å². The SMILES string of the molecule is C[B]P.Cc1cc(-c2ccccc2)c2ccc3c(-c4ccccc4)cc(C)nc3c2n1.[AlH][O]c1cccc2cccnc12.[B]CP.[C-]#[N+]/C(C#N)=C1\C=C(C)OC(/C=C/c2cc3c4c(c2)CCCN4CCC3)=C1.c1ccc2c(c1)c1ccccc1n2-c1ccc(-c2ccc(-n3c4ccccc4c4ccccc43)cc2)cc1. The van der Waals surface area contributed by atoms with Crippen LogP contribution in [-0.2, 0) is 17.6 Å². The molecule has 536 valence electrons. The fourth-order valence-corrected chi connectivity index (χ4v) is 15.5. The minimum Gasteiger partial charge on any atom is -0.649 e. The summed E-state index contributed by atoms with van der Waals surface area (Å²) in [5.41, 5.74) is 25.6. The molecule has 111 heavy (non-hydrogen) atoms. The van der Waals surface area contributed by atoms with Crippen LogP contribution in [0.5, 0.6) is 5.75 Å². The number of para-hydroxylation sites is 5. The molecule has 5 aromatic heterocycles. The average Bonchev–Trinajstić information content (AvgIpc) is 1.75.